The van der Waals surface area contributed by atoms with Crippen molar-refractivity contribution in [1.29, 1.82) is 0 Å². The summed E-state index contributed by atoms with van der Waals surface area (Å²) in [6.45, 7) is 7.70. The summed E-state index contributed by atoms with van der Waals surface area (Å²) >= 11 is 5.82. The third kappa shape index (κ3) is 4.02. The third-order valence-electron chi connectivity index (χ3n) is 5.32. The molecule has 0 aromatic carbocycles. The standard InChI is InChI=1S/C18H24BClFNO3/c1-17(2)18(3,4)25-19(24-17)16(21)12-5-8-14(9-6-12)23-15-10-7-13(20)11-22-15/h7,10-11,14H,5-6,8-9H2,1-4H3. The lowest BCUT2D eigenvalue weighted by molar-refractivity contribution is 0.00578. The van der Waals surface area contributed by atoms with E-state index in [0.29, 0.717) is 23.7 Å². The second-order valence-electron chi connectivity index (χ2n) is 7.67. The van der Waals surface area contributed by atoms with E-state index in [-0.39, 0.29) is 11.8 Å². The number of ether oxygens (including phenoxy) is 1. The minimum absolute atomic E-state index is 0.0310. The lowest BCUT2D eigenvalue weighted by Crippen LogP contribution is -2.41. The van der Waals surface area contributed by atoms with Crippen molar-refractivity contribution in [3.8, 4) is 5.88 Å². The molecule has 0 N–H and O–H groups in total. The van der Waals surface area contributed by atoms with Crippen LogP contribution in [-0.4, -0.2) is 29.4 Å². The monoisotopic (exact) mass is 367 g/mol. The van der Waals surface area contributed by atoms with Gasteiger partial charge in [0.15, 0.2) is 0 Å². The highest BCUT2D eigenvalue weighted by atomic mass is 35.5. The van der Waals surface area contributed by atoms with Crippen LogP contribution in [0, 0.1) is 0 Å². The van der Waals surface area contributed by atoms with Crippen LogP contribution in [0.15, 0.2) is 29.6 Å². The van der Waals surface area contributed by atoms with Crippen molar-refractivity contribution in [2.24, 2.45) is 0 Å². The molecule has 1 aliphatic heterocycles. The van der Waals surface area contributed by atoms with E-state index in [2.05, 4.69) is 4.98 Å². The van der Waals surface area contributed by atoms with Crippen molar-refractivity contribution in [2.75, 3.05) is 0 Å². The molecule has 2 aliphatic rings. The Labute approximate surface area is 153 Å². The maximum absolute atomic E-state index is 14.8. The predicted octanol–water partition coefficient (Wildman–Crippen LogP) is 4.91. The Morgan fingerprint density at radius 2 is 1.80 bits per heavy atom. The fraction of sp³-hybridized carbons (Fsp3) is 0.611. The summed E-state index contributed by atoms with van der Waals surface area (Å²) in [5.41, 5.74) is -0.573. The van der Waals surface area contributed by atoms with Crippen LogP contribution in [0.3, 0.4) is 0 Å². The first-order valence-corrected chi connectivity index (χ1v) is 9.07. The molecule has 0 spiro atoms. The van der Waals surface area contributed by atoms with Crippen LogP contribution >= 0.6 is 11.6 Å². The molecule has 1 aromatic heterocycles. The lowest BCUT2D eigenvalue weighted by atomic mass is 9.79. The zero-order valence-electron chi connectivity index (χ0n) is 15.1. The molecule has 0 amide bonds. The molecule has 7 heteroatoms. The van der Waals surface area contributed by atoms with E-state index in [0.717, 1.165) is 18.4 Å². The summed E-state index contributed by atoms with van der Waals surface area (Å²) in [4.78, 5) is 4.14. The Morgan fingerprint density at radius 3 is 2.32 bits per heavy atom. The molecule has 0 bridgehead atoms. The molecule has 136 valence electrons. The predicted molar refractivity (Wildman–Crippen MR) is 96.3 cm³/mol. The van der Waals surface area contributed by atoms with Gasteiger partial charge in [0.2, 0.25) is 5.88 Å². The van der Waals surface area contributed by atoms with Gasteiger partial charge >= 0.3 is 7.12 Å². The molecule has 0 unspecified atom stereocenters. The summed E-state index contributed by atoms with van der Waals surface area (Å²) in [7, 11) is -0.907. The summed E-state index contributed by atoms with van der Waals surface area (Å²) in [5, 5.41) is 0.575. The molecule has 25 heavy (non-hydrogen) atoms. The van der Waals surface area contributed by atoms with Crippen molar-refractivity contribution < 1.29 is 18.4 Å². The molecule has 1 saturated carbocycles. The van der Waals surface area contributed by atoms with E-state index in [1.54, 1.807) is 18.3 Å². The average molecular weight is 368 g/mol. The molecule has 0 atom stereocenters. The number of hydrogen-bond acceptors (Lipinski definition) is 4. The Balaban J connectivity index is 1.59. The van der Waals surface area contributed by atoms with E-state index in [4.69, 9.17) is 25.6 Å². The van der Waals surface area contributed by atoms with Gasteiger partial charge in [0.05, 0.1) is 16.2 Å². The smallest absolute Gasteiger partial charge is 0.474 e. The van der Waals surface area contributed by atoms with Crippen molar-refractivity contribution in [1.82, 2.24) is 4.98 Å². The van der Waals surface area contributed by atoms with Crippen molar-refractivity contribution in [2.45, 2.75) is 70.7 Å². The van der Waals surface area contributed by atoms with Gasteiger partial charge in [-0.1, -0.05) is 11.6 Å². The molecule has 3 rings (SSSR count). The van der Waals surface area contributed by atoms with Crippen LogP contribution in [0.4, 0.5) is 4.39 Å². The van der Waals surface area contributed by atoms with Gasteiger partial charge in [-0.25, -0.2) is 9.37 Å². The van der Waals surface area contributed by atoms with Crippen molar-refractivity contribution >= 4 is 18.7 Å². The van der Waals surface area contributed by atoms with E-state index in [1.165, 1.54) is 0 Å². The number of pyridine rings is 1. The zero-order chi connectivity index (χ0) is 18.2. The van der Waals surface area contributed by atoms with Crippen LogP contribution in [0.25, 0.3) is 0 Å². The van der Waals surface area contributed by atoms with Crippen LogP contribution in [0.2, 0.25) is 5.02 Å². The van der Waals surface area contributed by atoms with Gasteiger partial charge in [0.1, 0.15) is 11.8 Å². The fourth-order valence-corrected chi connectivity index (χ4v) is 3.12. The Bertz CT molecular complexity index is 637. The number of aromatic nitrogens is 1. The van der Waals surface area contributed by atoms with Gasteiger partial charge in [-0.05, 0) is 65.0 Å². The average Bonchev–Trinajstić information content (AvgIpc) is 2.78. The Morgan fingerprint density at radius 1 is 1.20 bits per heavy atom. The summed E-state index contributed by atoms with van der Waals surface area (Å²) in [5.74, 6) is 0.549. The Kier molecular flexibility index (Phi) is 5.15. The fourth-order valence-electron chi connectivity index (χ4n) is 3.01. The van der Waals surface area contributed by atoms with Crippen molar-refractivity contribution in [3.05, 3.63) is 34.7 Å². The van der Waals surface area contributed by atoms with Crippen LogP contribution in [-0.2, 0) is 9.31 Å². The van der Waals surface area contributed by atoms with Crippen LogP contribution in [0.1, 0.15) is 53.4 Å². The molecular formula is C18H24BClFNO3. The topological polar surface area (TPSA) is 40.6 Å². The van der Waals surface area contributed by atoms with Gasteiger partial charge < -0.3 is 14.0 Å². The molecule has 1 saturated heterocycles. The zero-order valence-corrected chi connectivity index (χ0v) is 15.9. The Hall–Kier alpha value is -1.11. The number of rotatable bonds is 3. The first-order chi connectivity index (χ1) is 11.7. The van der Waals surface area contributed by atoms with Gasteiger partial charge in [0.25, 0.3) is 0 Å². The number of hydrogen-bond donors (Lipinski definition) is 0. The van der Waals surface area contributed by atoms with E-state index < -0.39 is 18.3 Å². The van der Waals surface area contributed by atoms with Gasteiger partial charge in [-0.15, -0.1) is 0 Å². The molecule has 0 radical (unpaired) electrons. The highest BCUT2D eigenvalue weighted by Gasteiger charge is 2.53. The largest absolute Gasteiger partial charge is 0.525 e. The number of halogens is 2. The second-order valence-corrected chi connectivity index (χ2v) is 8.11. The van der Waals surface area contributed by atoms with Gasteiger partial charge in [0, 0.05) is 12.3 Å². The minimum Gasteiger partial charge on any atom is -0.474 e. The second kappa shape index (κ2) is 6.90. The molecule has 1 aromatic rings. The van der Waals surface area contributed by atoms with Crippen LogP contribution in [0.5, 0.6) is 5.88 Å². The van der Waals surface area contributed by atoms with Gasteiger partial charge in [-0.2, -0.15) is 0 Å². The molecular weight excluding hydrogens is 343 g/mol. The molecule has 2 heterocycles. The quantitative estimate of drug-likeness (QED) is 0.712. The number of nitrogens with zero attached hydrogens (tertiary/aromatic N) is 1. The third-order valence-corrected chi connectivity index (χ3v) is 5.55. The first-order valence-electron chi connectivity index (χ1n) is 8.69. The summed E-state index contributed by atoms with van der Waals surface area (Å²) in [6, 6.07) is 3.49. The van der Waals surface area contributed by atoms with Crippen molar-refractivity contribution in [3.63, 3.8) is 0 Å². The highest BCUT2D eigenvalue weighted by molar-refractivity contribution is 6.53. The van der Waals surface area contributed by atoms with Crippen LogP contribution < -0.4 is 4.74 Å². The SMILES string of the molecule is CC1(C)OB(C(F)=C2CCC(Oc3ccc(Cl)cn3)CC2)OC1(C)C. The maximum atomic E-state index is 14.8. The molecule has 1 aliphatic carbocycles. The summed E-state index contributed by atoms with van der Waals surface area (Å²) < 4.78 is 32.3. The van der Waals surface area contributed by atoms with E-state index in [9.17, 15) is 4.39 Å². The number of allylic oxidation sites excluding steroid dienone is 1. The normalized spacial score (nSPS) is 25.1. The minimum atomic E-state index is -0.907. The molecule has 2 fully saturated rings. The molecule has 4 nitrogen and oxygen atoms in total. The first kappa shape index (κ1) is 18.7. The maximum Gasteiger partial charge on any atom is 0.525 e. The summed E-state index contributed by atoms with van der Waals surface area (Å²) in [6.07, 6.45) is 4.34. The van der Waals surface area contributed by atoms with E-state index in [1.807, 2.05) is 27.7 Å². The highest BCUT2D eigenvalue weighted by Crippen LogP contribution is 2.40. The lowest BCUT2D eigenvalue weighted by Gasteiger charge is -2.32. The van der Waals surface area contributed by atoms with E-state index >= 15 is 0 Å². The van der Waals surface area contributed by atoms with Gasteiger partial charge in [-0.3, -0.25) is 0 Å².